The van der Waals surface area contributed by atoms with E-state index in [2.05, 4.69) is 4.72 Å². The molecular formula is C13H18F2N2O3S. The van der Waals surface area contributed by atoms with Crippen LogP contribution in [-0.2, 0) is 21.3 Å². The first kappa shape index (κ1) is 16.3. The maximum atomic E-state index is 14.2. The standard InChI is InChI=1S/C13H18F2N2O3S/c1-8-13(2,5-6-20-8)17-21(18,19)11-4-3-10(14)9(7-16)12(11)15/h3-4,8,17H,5-7,16H2,1-2H3. The van der Waals surface area contributed by atoms with Crippen LogP contribution in [0.5, 0.6) is 0 Å². The molecule has 1 aromatic rings. The molecule has 0 aromatic heterocycles. The molecule has 1 aliphatic rings. The highest BCUT2D eigenvalue weighted by Gasteiger charge is 2.41. The highest BCUT2D eigenvalue weighted by atomic mass is 32.2. The van der Waals surface area contributed by atoms with Crippen LogP contribution in [0.15, 0.2) is 17.0 Å². The molecule has 0 spiro atoms. The monoisotopic (exact) mass is 320 g/mol. The van der Waals surface area contributed by atoms with E-state index in [1.807, 2.05) is 0 Å². The highest BCUT2D eigenvalue weighted by molar-refractivity contribution is 7.89. The molecule has 1 aromatic carbocycles. The van der Waals surface area contributed by atoms with Crippen LogP contribution >= 0.6 is 0 Å². The van der Waals surface area contributed by atoms with Gasteiger partial charge in [-0.2, -0.15) is 0 Å². The molecular weight excluding hydrogens is 302 g/mol. The van der Waals surface area contributed by atoms with Crippen molar-refractivity contribution in [3.8, 4) is 0 Å². The lowest BCUT2D eigenvalue weighted by Gasteiger charge is -2.28. The molecule has 1 saturated heterocycles. The average molecular weight is 320 g/mol. The van der Waals surface area contributed by atoms with Gasteiger partial charge in [-0.15, -0.1) is 0 Å². The minimum atomic E-state index is -4.14. The van der Waals surface area contributed by atoms with E-state index in [4.69, 9.17) is 10.5 Å². The van der Waals surface area contributed by atoms with Gasteiger partial charge in [0.15, 0.2) is 5.82 Å². The first-order chi connectivity index (χ1) is 9.71. The molecule has 2 unspecified atom stereocenters. The first-order valence-corrected chi connectivity index (χ1v) is 8.02. The third kappa shape index (κ3) is 2.94. The van der Waals surface area contributed by atoms with Gasteiger partial charge >= 0.3 is 0 Å². The van der Waals surface area contributed by atoms with Crippen LogP contribution in [0.2, 0.25) is 0 Å². The van der Waals surface area contributed by atoms with Crippen molar-refractivity contribution < 1.29 is 21.9 Å². The fourth-order valence-corrected chi connectivity index (χ4v) is 3.90. The summed E-state index contributed by atoms with van der Waals surface area (Å²) in [5, 5.41) is 0. The summed E-state index contributed by atoms with van der Waals surface area (Å²) in [6, 6.07) is 1.80. The van der Waals surface area contributed by atoms with Crippen LogP contribution in [0.25, 0.3) is 0 Å². The normalized spacial score (nSPS) is 26.2. The van der Waals surface area contributed by atoms with Crippen molar-refractivity contribution in [1.29, 1.82) is 0 Å². The largest absolute Gasteiger partial charge is 0.376 e. The second-order valence-electron chi connectivity index (χ2n) is 5.33. The summed E-state index contributed by atoms with van der Waals surface area (Å²) in [5.74, 6) is -2.02. The van der Waals surface area contributed by atoms with E-state index >= 15 is 0 Å². The smallest absolute Gasteiger partial charge is 0.244 e. The Morgan fingerprint density at radius 2 is 2.14 bits per heavy atom. The number of halogens is 2. The lowest BCUT2D eigenvalue weighted by atomic mass is 9.97. The Hall–Kier alpha value is -1.09. The maximum Gasteiger partial charge on any atom is 0.244 e. The highest BCUT2D eigenvalue weighted by Crippen LogP contribution is 2.28. The van der Waals surface area contributed by atoms with Crippen LogP contribution in [0.4, 0.5) is 8.78 Å². The molecule has 2 atom stereocenters. The zero-order valence-electron chi connectivity index (χ0n) is 11.8. The number of ether oxygens (including phenoxy) is 1. The van der Waals surface area contributed by atoms with Gasteiger partial charge in [0.1, 0.15) is 10.7 Å². The van der Waals surface area contributed by atoms with Crippen molar-refractivity contribution in [2.45, 2.75) is 43.4 Å². The summed E-state index contributed by atoms with van der Waals surface area (Å²) in [4.78, 5) is -0.607. The van der Waals surface area contributed by atoms with Crippen molar-refractivity contribution in [3.63, 3.8) is 0 Å². The lowest BCUT2D eigenvalue weighted by Crippen LogP contribution is -2.50. The lowest BCUT2D eigenvalue weighted by molar-refractivity contribution is 0.0957. The predicted molar refractivity (Wildman–Crippen MR) is 73.0 cm³/mol. The quantitative estimate of drug-likeness (QED) is 0.875. The molecule has 0 bridgehead atoms. The summed E-state index contributed by atoms with van der Waals surface area (Å²) < 4.78 is 60.1. The molecule has 3 N–H and O–H groups in total. The third-order valence-electron chi connectivity index (χ3n) is 3.90. The van der Waals surface area contributed by atoms with E-state index < -0.39 is 44.2 Å². The van der Waals surface area contributed by atoms with Crippen molar-refractivity contribution >= 4 is 10.0 Å². The Morgan fingerprint density at radius 1 is 1.48 bits per heavy atom. The number of nitrogens with one attached hydrogen (secondary N) is 1. The zero-order valence-corrected chi connectivity index (χ0v) is 12.6. The molecule has 118 valence electrons. The van der Waals surface area contributed by atoms with E-state index in [1.165, 1.54) is 0 Å². The molecule has 1 aliphatic heterocycles. The van der Waals surface area contributed by atoms with E-state index in [-0.39, 0.29) is 6.10 Å². The fraction of sp³-hybridized carbons (Fsp3) is 0.538. The molecule has 8 heteroatoms. The number of nitrogens with two attached hydrogens (primary N) is 1. The zero-order chi connectivity index (χ0) is 15.8. The molecule has 5 nitrogen and oxygen atoms in total. The number of sulfonamides is 1. The van der Waals surface area contributed by atoms with E-state index in [1.54, 1.807) is 13.8 Å². The second kappa shape index (κ2) is 5.60. The number of hydrogen-bond acceptors (Lipinski definition) is 4. The van der Waals surface area contributed by atoms with Crippen molar-refractivity contribution in [1.82, 2.24) is 4.72 Å². The minimum absolute atomic E-state index is 0.343. The summed E-state index contributed by atoms with van der Waals surface area (Å²) in [6.45, 7) is 3.42. The molecule has 2 rings (SSSR count). The van der Waals surface area contributed by atoms with Crippen LogP contribution in [0.3, 0.4) is 0 Å². The Balaban J connectivity index is 2.41. The SMILES string of the molecule is CC1OCCC1(C)NS(=O)(=O)c1ccc(F)c(CN)c1F. The second-order valence-corrected chi connectivity index (χ2v) is 6.98. The van der Waals surface area contributed by atoms with Gasteiger partial charge in [-0.05, 0) is 32.4 Å². The molecule has 0 aliphatic carbocycles. The number of rotatable bonds is 4. The van der Waals surface area contributed by atoms with Crippen LogP contribution in [-0.4, -0.2) is 26.7 Å². The Kier molecular flexibility index (Phi) is 4.34. The Morgan fingerprint density at radius 3 is 2.67 bits per heavy atom. The van der Waals surface area contributed by atoms with E-state index in [0.717, 1.165) is 12.1 Å². The average Bonchev–Trinajstić information content (AvgIpc) is 2.68. The third-order valence-corrected chi connectivity index (χ3v) is 5.53. The van der Waals surface area contributed by atoms with Gasteiger partial charge in [0.2, 0.25) is 10.0 Å². The van der Waals surface area contributed by atoms with Crippen LogP contribution in [0, 0.1) is 11.6 Å². The van der Waals surface area contributed by atoms with E-state index in [9.17, 15) is 17.2 Å². The van der Waals surface area contributed by atoms with Crippen molar-refractivity contribution in [2.75, 3.05) is 6.61 Å². The molecule has 0 radical (unpaired) electrons. The Labute approximate surface area is 122 Å². The minimum Gasteiger partial charge on any atom is -0.376 e. The summed E-state index contributed by atoms with van der Waals surface area (Å²) in [6.07, 6.45) is 0.129. The van der Waals surface area contributed by atoms with Gasteiger partial charge < -0.3 is 10.5 Å². The number of hydrogen-bond donors (Lipinski definition) is 2. The van der Waals surface area contributed by atoms with Gasteiger partial charge in [0.25, 0.3) is 0 Å². The molecule has 1 fully saturated rings. The van der Waals surface area contributed by atoms with E-state index in [0.29, 0.717) is 13.0 Å². The molecule has 0 amide bonds. The van der Waals surface area contributed by atoms with Crippen molar-refractivity contribution in [2.24, 2.45) is 5.73 Å². The van der Waals surface area contributed by atoms with Gasteiger partial charge in [0, 0.05) is 18.7 Å². The van der Waals surface area contributed by atoms with Gasteiger partial charge in [-0.3, -0.25) is 0 Å². The van der Waals surface area contributed by atoms with Gasteiger partial charge in [-0.1, -0.05) is 0 Å². The van der Waals surface area contributed by atoms with Gasteiger partial charge in [-0.25, -0.2) is 21.9 Å². The summed E-state index contributed by atoms with van der Waals surface area (Å²) >= 11 is 0. The topological polar surface area (TPSA) is 81.4 Å². The fourth-order valence-electron chi connectivity index (χ4n) is 2.30. The molecule has 1 heterocycles. The summed E-state index contributed by atoms with van der Waals surface area (Å²) in [7, 11) is -4.14. The van der Waals surface area contributed by atoms with Crippen LogP contribution in [0.1, 0.15) is 25.8 Å². The molecule has 21 heavy (non-hydrogen) atoms. The van der Waals surface area contributed by atoms with Gasteiger partial charge in [0.05, 0.1) is 11.6 Å². The van der Waals surface area contributed by atoms with Crippen molar-refractivity contribution in [3.05, 3.63) is 29.3 Å². The Bertz CT molecular complexity index is 651. The first-order valence-electron chi connectivity index (χ1n) is 6.54. The maximum absolute atomic E-state index is 14.2. The number of benzene rings is 1. The summed E-state index contributed by atoms with van der Waals surface area (Å²) in [5.41, 5.74) is 3.98. The van der Waals surface area contributed by atoms with Crippen LogP contribution < -0.4 is 10.5 Å². The predicted octanol–water partition coefficient (Wildman–Crippen LogP) is 1.27. The molecule has 0 saturated carbocycles.